The summed E-state index contributed by atoms with van der Waals surface area (Å²) < 4.78 is 1.84. The maximum absolute atomic E-state index is 11.9. The maximum Gasteiger partial charge on any atom is 0.241 e. The Morgan fingerprint density at radius 1 is 1.09 bits per heavy atom. The Bertz CT molecular complexity index is 1750. The summed E-state index contributed by atoms with van der Waals surface area (Å²) in [5.41, 5.74) is 10.3. The van der Waals surface area contributed by atoms with Crippen LogP contribution in [-0.2, 0) is 4.79 Å². The number of piperidine rings is 1. The largest absolute Gasteiger partial charge is 0.369 e. The highest BCUT2D eigenvalue weighted by Crippen LogP contribution is 2.40. The summed E-state index contributed by atoms with van der Waals surface area (Å²) in [5.74, 6) is 1.37. The van der Waals surface area contributed by atoms with Crippen LogP contribution in [0.4, 0.5) is 16.8 Å². The second-order valence-electron chi connectivity index (χ2n) is 12.9. The first kappa shape index (κ1) is 30.3. The van der Waals surface area contributed by atoms with E-state index < -0.39 is 6.04 Å². The van der Waals surface area contributed by atoms with Crippen LogP contribution in [0.2, 0.25) is 0 Å². The number of fused-ring (bicyclic) bond motifs is 3. The number of hydrogen-bond acceptors (Lipinski definition) is 12. The number of nitriles is 1. The number of carbonyl (C=O) groups is 1. The van der Waals surface area contributed by atoms with Crippen LogP contribution >= 0.6 is 11.3 Å². The molecule has 4 aromatic heterocycles. The Labute approximate surface area is 272 Å². The molecule has 7 rings (SSSR count). The van der Waals surface area contributed by atoms with Crippen molar-refractivity contribution < 1.29 is 4.79 Å². The quantitative estimate of drug-likeness (QED) is 0.219. The molecule has 6 atom stereocenters. The molecule has 5 N–H and O–H groups in total. The van der Waals surface area contributed by atoms with Crippen LogP contribution in [0.5, 0.6) is 0 Å². The van der Waals surface area contributed by atoms with Crippen LogP contribution in [0.25, 0.3) is 27.5 Å². The van der Waals surface area contributed by atoms with Crippen LogP contribution in [0.15, 0.2) is 30.6 Å². The lowest BCUT2D eigenvalue weighted by Gasteiger charge is -2.47. The topological polar surface area (TPSA) is 175 Å². The van der Waals surface area contributed by atoms with Gasteiger partial charge in [0.15, 0.2) is 5.01 Å². The number of amides is 1. The molecule has 1 saturated heterocycles. The minimum Gasteiger partial charge on any atom is -0.369 e. The SMILES string of the molecule is CC(=O)NC1[C@@H]2CCC[C@H]1CN(c1nnc(-c3cnc(-c4ccc5cnc(N[C@@H]6CCCC[C@@H]6N)nn45)cc3N[C@H](C)C#N)s1)C2. The fourth-order valence-corrected chi connectivity index (χ4v) is 8.22. The van der Waals surface area contributed by atoms with Crippen molar-refractivity contribution in [3.63, 3.8) is 0 Å². The molecule has 3 aliphatic rings. The molecule has 0 spiro atoms. The monoisotopic (exact) mass is 640 g/mol. The van der Waals surface area contributed by atoms with Crippen LogP contribution in [0.3, 0.4) is 0 Å². The van der Waals surface area contributed by atoms with E-state index in [1.54, 1.807) is 19.3 Å². The average molecular weight is 641 g/mol. The molecule has 2 aliphatic carbocycles. The van der Waals surface area contributed by atoms with Gasteiger partial charge in [0.1, 0.15) is 6.04 Å². The van der Waals surface area contributed by atoms with E-state index in [-0.39, 0.29) is 24.0 Å². The molecule has 13 nitrogen and oxygen atoms in total. The van der Waals surface area contributed by atoms with Gasteiger partial charge in [0.05, 0.1) is 34.7 Å². The van der Waals surface area contributed by atoms with Crippen molar-refractivity contribution in [3.05, 3.63) is 30.6 Å². The van der Waals surface area contributed by atoms with Crippen LogP contribution in [0.1, 0.15) is 58.8 Å². The fourth-order valence-electron chi connectivity index (χ4n) is 7.33. The molecule has 14 heteroatoms. The standard InChI is InChI=1S/C32H40N12OS/c1-18(13-33)37-26-12-27(28-11-10-22-14-36-31(42-44(22)28)39-25-9-4-3-8-24(25)34)35-15-23(26)30-40-41-32(46-30)43-16-20-6-5-7-21(17-43)29(20)38-19(2)45/h10-12,14-15,18,20-21,24-25,29H,3-9,16-17,34H2,1-2H3,(H,35,37)(H,38,45)(H,39,42)/t18-,20-,21+,24+,25-,29?/m1/s1. The molecular formula is C32H40N12OS. The van der Waals surface area contributed by atoms with Crippen molar-refractivity contribution in [1.82, 2.24) is 35.1 Å². The van der Waals surface area contributed by atoms with E-state index in [9.17, 15) is 10.1 Å². The lowest BCUT2D eigenvalue weighted by atomic mass is 9.73. The average Bonchev–Trinajstić information content (AvgIpc) is 3.69. The van der Waals surface area contributed by atoms with Crippen molar-refractivity contribution in [2.45, 2.75) is 83.0 Å². The van der Waals surface area contributed by atoms with Crippen molar-refractivity contribution in [2.75, 3.05) is 28.6 Å². The van der Waals surface area contributed by atoms with Crippen LogP contribution in [0, 0.1) is 23.2 Å². The van der Waals surface area contributed by atoms with Gasteiger partial charge in [-0.1, -0.05) is 30.6 Å². The molecule has 1 aliphatic heterocycles. The number of hydrogen-bond donors (Lipinski definition) is 4. The van der Waals surface area contributed by atoms with E-state index in [4.69, 9.17) is 15.8 Å². The van der Waals surface area contributed by atoms with E-state index in [2.05, 4.69) is 42.1 Å². The number of anilines is 3. The second kappa shape index (κ2) is 12.8. The molecule has 240 valence electrons. The third-order valence-corrected chi connectivity index (χ3v) is 10.6. The summed E-state index contributed by atoms with van der Waals surface area (Å²) in [4.78, 5) is 23.6. The number of pyridine rings is 1. The third kappa shape index (κ3) is 6.09. The first-order valence-corrected chi connectivity index (χ1v) is 17.1. The number of nitrogens with zero attached hydrogens (tertiary/aromatic N) is 8. The fraction of sp³-hybridized carbons (Fsp3) is 0.531. The Morgan fingerprint density at radius 3 is 2.65 bits per heavy atom. The van der Waals surface area contributed by atoms with E-state index in [1.165, 1.54) is 17.8 Å². The van der Waals surface area contributed by atoms with Gasteiger partial charge in [-0.15, -0.1) is 15.3 Å². The molecule has 2 saturated carbocycles. The smallest absolute Gasteiger partial charge is 0.241 e. The molecule has 5 heterocycles. The minimum absolute atomic E-state index is 0.0398. The van der Waals surface area contributed by atoms with Gasteiger partial charge >= 0.3 is 0 Å². The van der Waals surface area contributed by atoms with Gasteiger partial charge in [-0.2, -0.15) is 5.26 Å². The molecule has 0 aromatic carbocycles. The normalized spacial score (nSPS) is 25.1. The van der Waals surface area contributed by atoms with Gasteiger partial charge in [0.25, 0.3) is 0 Å². The lowest BCUT2D eigenvalue weighted by molar-refractivity contribution is -0.120. The van der Waals surface area contributed by atoms with Crippen molar-refractivity contribution in [3.8, 4) is 28.0 Å². The number of rotatable bonds is 8. The van der Waals surface area contributed by atoms with Crippen LogP contribution < -0.4 is 26.6 Å². The van der Waals surface area contributed by atoms with E-state index in [0.29, 0.717) is 23.5 Å². The van der Waals surface area contributed by atoms with Gasteiger partial charge in [-0.05, 0) is 62.6 Å². The van der Waals surface area contributed by atoms with E-state index in [1.807, 2.05) is 29.6 Å². The summed E-state index contributed by atoms with van der Waals surface area (Å²) in [6.07, 6.45) is 11.3. The Hall–Kier alpha value is -4.35. The van der Waals surface area contributed by atoms with Gasteiger partial charge in [-0.3, -0.25) is 9.78 Å². The van der Waals surface area contributed by atoms with Crippen molar-refractivity contribution in [1.29, 1.82) is 5.26 Å². The lowest BCUT2D eigenvalue weighted by Crippen LogP contribution is -2.58. The number of aromatic nitrogens is 6. The Morgan fingerprint density at radius 2 is 1.89 bits per heavy atom. The van der Waals surface area contributed by atoms with Gasteiger partial charge in [0, 0.05) is 50.0 Å². The summed E-state index contributed by atoms with van der Waals surface area (Å²) in [6.45, 7) is 5.11. The summed E-state index contributed by atoms with van der Waals surface area (Å²) >= 11 is 1.53. The van der Waals surface area contributed by atoms with Crippen molar-refractivity contribution >= 4 is 39.5 Å². The highest BCUT2D eigenvalue weighted by molar-refractivity contribution is 7.18. The Kier molecular flexibility index (Phi) is 8.44. The third-order valence-electron chi connectivity index (χ3n) is 9.63. The number of nitrogens with one attached hydrogen (secondary N) is 3. The van der Waals surface area contributed by atoms with Gasteiger partial charge < -0.3 is 26.6 Å². The second-order valence-corrected chi connectivity index (χ2v) is 13.9. The summed E-state index contributed by atoms with van der Waals surface area (Å²) in [6, 6.07) is 8.18. The zero-order valence-electron chi connectivity index (χ0n) is 26.2. The number of nitrogens with two attached hydrogens (primary N) is 1. The minimum atomic E-state index is -0.435. The first-order chi connectivity index (χ1) is 22.4. The predicted molar refractivity (Wildman–Crippen MR) is 178 cm³/mol. The molecular weight excluding hydrogens is 601 g/mol. The zero-order chi connectivity index (χ0) is 31.8. The van der Waals surface area contributed by atoms with Crippen LogP contribution in [-0.4, -0.2) is 72.9 Å². The van der Waals surface area contributed by atoms with E-state index in [0.717, 1.165) is 84.2 Å². The van der Waals surface area contributed by atoms with Crippen molar-refractivity contribution in [2.24, 2.45) is 17.6 Å². The summed E-state index contributed by atoms with van der Waals surface area (Å²) in [7, 11) is 0. The molecule has 1 unspecified atom stereocenters. The highest BCUT2D eigenvalue weighted by Gasteiger charge is 2.40. The number of carbonyl (C=O) groups excluding carboxylic acids is 1. The predicted octanol–water partition coefficient (Wildman–Crippen LogP) is 4.06. The van der Waals surface area contributed by atoms with E-state index >= 15 is 0 Å². The molecule has 0 radical (unpaired) electrons. The van der Waals surface area contributed by atoms with Gasteiger partial charge in [0.2, 0.25) is 17.0 Å². The first-order valence-electron chi connectivity index (χ1n) is 16.3. The Balaban J connectivity index is 1.17. The maximum atomic E-state index is 11.9. The molecule has 1 amide bonds. The summed E-state index contributed by atoms with van der Waals surface area (Å²) in [5, 5.41) is 35.2. The van der Waals surface area contributed by atoms with Gasteiger partial charge in [-0.25, -0.2) is 9.50 Å². The molecule has 2 bridgehead atoms. The highest BCUT2D eigenvalue weighted by atomic mass is 32.1. The molecule has 4 aromatic rings. The molecule has 3 fully saturated rings. The zero-order valence-corrected chi connectivity index (χ0v) is 27.0. The molecule has 46 heavy (non-hydrogen) atoms.